The molecule has 1 aliphatic heterocycles. The van der Waals surface area contributed by atoms with Crippen molar-refractivity contribution in [3.8, 4) is 11.5 Å². The predicted molar refractivity (Wildman–Crippen MR) is 129 cm³/mol. The van der Waals surface area contributed by atoms with Crippen molar-refractivity contribution < 1.29 is 19.1 Å². The molecule has 0 bridgehead atoms. The maximum absolute atomic E-state index is 12.8. The summed E-state index contributed by atoms with van der Waals surface area (Å²) in [7, 11) is 1.46. The van der Waals surface area contributed by atoms with E-state index in [2.05, 4.69) is 5.43 Å². The van der Waals surface area contributed by atoms with E-state index in [0.29, 0.717) is 32.6 Å². The van der Waals surface area contributed by atoms with Gasteiger partial charge >= 0.3 is 0 Å². The minimum Gasteiger partial charge on any atom is -0.493 e. The van der Waals surface area contributed by atoms with Crippen molar-refractivity contribution in [1.82, 2.24) is 5.43 Å². The fourth-order valence-electron chi connectivity index (χ4n) is 3.26. The molecule has 3 aromatic carbocycles. The van der Waals surface area contributed by atoms with Crippen LogP contribution in [0.4, 0.5) is 5.69 Å². The summed E-state index contributed by atoms with van der Waals surface area (Å²) in [6, 6.07) is 17.2. The van der Waals surface area contributed by atoms with Crippen LogP contribution >= 0.6 is 34.8 Å². The van der Waals surface area contributed by atoms with Gasteiger partial charge < -0.3 is 9.47 Å². The van der Waals surface area contributed by atoms with Gasteiger partial charge in [-0.3, -0.25) is 15.0 Å². The number of nitrogens with zero attached hydrogens (tertiary/aromatic N) is 1. The highest BCUT2D eigenvalue weighted by molar-refractivity contribution is 6.36. The van der Waals surface area contributed by atoms with Gasteiger partial charge in [0, 0.05) is 15.6 Å². The predicted octanol–water partition coefficient (Wildman–Crippen LogP) is 5.70. The van der Waals surface area contributed by atoms with Gasteiger partial charge in [-0.15, -0.1) is 0 Å². The Bertz CT molecular complexity index is 1240. The Labute approximate surface area is 205 Å². The van der Waals surface area contributed by atoms with E-state index in [1.54, 1.807) is 54.6 Å². The molecule has 0 saturated carbocycles. The Balaban J connectivity index is 1.61. The van der Waals surface area contributed by atoms with E-state index >= 15 is 0 Å². The molecule has 0 spiro atoms. The van der Waals surface area contributed by atoms with Crippen molar-refractivity contribution in [2.45, 2.75) is 6.61 Å². The van der Waals surface area contributed by atoms with Crippen molar-refractivity contribution in [3.63, 3.8) is 0 Å². The number of anilines is 1. The largest absolute Gasteiger partial charge is 0.493 e. The Morgan fingerprint density at radius 2 is 1.64 bits per heavy atom. The van der Waals surface area contributed by atoms with Crippen LogP contribution in [0.5, 0.6) is 11.5 Å². The lowest BCUT2D eigenvalue weighted by molar-refractivity contribution is -0.117. The lowest BCUT2D eigenvalue weighted by Gasteiger charge is -2.15. The first-order valence-electron chi connectivity index (χ1n) is 9.74. The summed E-state index contributed by atoms with van der Waals surface area (Å²) in [5, 5.41) is 2.35. The van der Waals surface area contributed by atoms with Crippen LogP contribution in [-0.4, -0.2) is 18.9 Å². The zero-order valence-electron chi connectivity index (χ0n) is 17.3. The number of para-hydroxylation sites is 1. The van der Waals surface area contributed by atoms with E-state index in [4.69, 9.17) is 44.3 Å². The zero-order valence-corrected chi connectivity index (χ0v) is 19.5. The molecule has 0 aromatic heterocycles. The number of benzene rings is 3. The number of halogens is 3. The maximum Gasteiger partial charge on any atom is 0.282 e. The Morgan fingerprint density at radius 1 is 0.939 bits per heavy atom. The lowest BCUT2D eigenvalue weighted by atomic mass is 10.1. The first kappa shape index (κ1) is 23.0. The van der Waals surface area contributed by atoms with E-state index < -0.39 is 11.8 Å². The van der Waals surface area contributed by atoms with Crippen molar-refractivity contribution >= 4 is 58.4 Å². The maximum atomic E-state index is 12.8. The molecule has 6 nitrogen and oxygen atoms in total. The van der Waals surface area contributed by atoms with E-state index in [1.165, 1.54) is 18.2 Å². The smallest absolute Gasteiger partial charge is 0.282 e. The quantitative estimate of drug-likeness (QED) is 0.346. The standard InChI is InChI=1S/C24H17Cl3N2O4/c1-32-21-12-14(10-16-23(30)28-29(24(16)31)15-6-3-2-4-7-15)11-20(27)22(21)33-13-17-18(25)8-5-9-19(17)26/h2-12H,13H2,1H3,(H,28,30)/b16-10+. The van der Waals surface area contributed by atoms with Crippen LogP contribution < -0.4 is 19.9 Å². The molecule has 0 unspecified atom stereocenters. The van der Waals surface area contributed by atoms with Gasteiger partial charge in [-0.05, 0) is 48.0 Å². The monoisotopic (exact) mass is 502 g/mol. The molecular weight excluding hydrogens is 487 g/mol. The number of ether oxygens (including phenoxy) is 2. The second kappa shape index (κ2) is 9.75. The van der Waals surface area contributed by atoms with Crippen LogP contribution in [0.1, 0.15) is 11.1 Å². The van der Waals surface area contributed by atoms with E-state index in [-0.39, 0.29) is 23.0 Å². The van der Waals surface area contributed by atoms with Crippen LogP contribution in [0, 0.1) is 0 Å². The van der Waals surface area contributed by atoms with Crippen LogP contribution in [0.2, 0.25) is 15.1 Å². The summed E-state index contributed by atoms with van der Waals surface area (Å²) in [6.45, 7) is 0.0714. The minimum absolute atomic E-state index is 0.0338. The highest BCUT2D eigenvalue weighted by atomic mass is 35.5. The van der Waals surface area contributed by atoms with Gasteiger partial charge in [0.05, 0.1) is 17.8 Å². The molecule has 0 atom stereocenters. The fourth-order valence-corrected chi connectivity index (χ4v) is 4.04. The number of hydrazine groups is 1. The average Bonchev–Trinajstić information content (AvgIpc) is 3.08. The molecule has 1 aliphatic rings. The van der Waals surface area contributed by atoms with Gasteiger partial charge in [0.25, 0.3) is 11.8 Å². The molecule has 4 rings (SSSR count). The molecule has 168 valence electrons. The van der Waals surface area contributed by atoms with Gasteiger partial charge in [-0.1, -0.05) is 59.1 Å². The lowest BCUT2D eigenvalue weighted by Crippen LogP contribution is -2.35. The Kier molecular flexibility index (Phi) is 6.79. The van der Waals surface area contributed by atoms with E-state index in [1.807, 2.05) is 6.07 Å². The summed E-state index contributed by atoms with van der Waals surface area (Å²) in [5.74, 6) is -0.392. The molecular formula is C24H17Cl3N2O4. The summed E-state index contributed by atoms with van der Waals surface area (Å²) >= 11 is 18.9. The van der Waals surface area contributed by atoms with Crippen molar-refractivity contribution in [2.75, 3.05) is 12.1 Å². The molecule has 0 radical (unpaired) electrons. The third-order valence-corrected chi connectivity index (χ3v) is 5.88. The Morgan fingerprint density at radius 3 is 2.30 bits per heavy atom. The normalized spacial score (nSPS) is 14.5. The summed E-state index contributed by atoms with van der Waals surface area (Å²) in [5.41, 5.74) is 4.18. The number of hydrogen-bond donors (Lipinski definition) is 1. The summed E-state index contributed by atoms with van der Waals surface area (Å²) < 4.78 is 11.3. The SMILES string of the molecule is COc1cc(/C=C2\C(=O)NN(c3ccccc3)C2=O)cc(Cl)c1OCc1c(Cl)cccc1Cl. The minimum atomic E-state index is -0.521. The molecule has 1 N–H and O–H groups in total. The highest BCUT2D eigenvalue weighted by Crippen LogP contribution is 2.38. The first-order chi connectivity index (χ1) is 15.9. The Hall–Kier alpha value is -3.19. The van der Waals surface area contributed by atoms with Crippen molar-refractivity contribution in [1.29, 1.82) is 0 Å². The molecule has 1 fully saturated rings. The number of carbonyl (C=O) groups excluding carboxylic acids is 2. The second-order valence-electron chi connectivity index (χ2n) is 7.00. The number of methoxy groups -OCH3 is 1. The number of nitrogens with one attached hydrogen (secondary N) is 1. The third kappa shape index (κ3) is 4.78. The third-order valence-electron chi connectivity index (χ3n) is 4.89. The number of rotatable bonds is 6. The molecule has 1 heterocycles. The van der Waals surface area contributed by atoms with Gasteiger partial charge in [0.15, 0.2) is 11.5 Å². The summed E-state index contributed by atoms with van der Waals surface area (Å²) in [6.07, 6.45) is 1.45. The van der Waals surface area contributed by atoms with Crippen molar-refractivity contribution in [2.24, 2.45) is 0 Å². The molecule has 33 heavy (non-hydrogen) atoms. The van der Waals surface area contributed by atoms with Gasteiger partial charge in [0.2, 0.25) is 0 Å². The van der Waals surface area contributed by atoms with Crippen LogP contribution in [0.15, 0.2) is 66.2 Å². The second-order valence-corrected chi connectivity index (χ2v) is 8.22. The molecule has 0 aliphatic carbocycles. The van der Waals surface area contributed by atoms with Crippen LogP contribution in [0.3, 0.4) is 0 Å². The topological polar surface area (TPSA) is 67.9 Å². The van der Waals surface area contributed by atoms with Gasteiger partial charge in [-0.25, -0.2) is 5.01 Å². The summed E-state index contributed by atoms with van der Waals surface area (Å²) in [4.78, 5) is 25.3. The number of hydrogen-bond acceptors (Lipinski definition) is 4. The molecule has 1 saturated heterocycles. The zero-order chi connectivity index (χ0) is 23.5. The van der Waals surface area contributed by atoms with E-state index in [0.717, 1.165) is 0 Å². The molecule has 9 heteroatoms. The molecule has 3 aromatic rings. The first-order valence-corrected chi connectivity index (χ1v) is 10.9. The van der Waals surface area contributed by atoms with Gasteiger partial charge in [0.1, 0.15) is 12.2 Å². The fraction of sp³-hybridized carbons (Fsp3) is 0.0833. The number of amides is 2. The average molecular weight is 504 g/mol. The van der Waals surface area contributed by atoms with Gasteiger partial charge in [-0.2, -0.15) is 0 Å². The van der Waals surface area contributed by atoms with E-state index in [9.17, 15) is 9.59 Å². The highest BCUT2D eigenvalue weighted by Gasteiger charge is 2.34. The van der Waals surface area contributed by atoms with Crippen LogP contribution in [0.25, 0.3) is 6.08 Å². The molecule has 2 amide bonds. The van der Waals surface area contributed by atoms with Crippen molar-refractivity contribution in [3.05, 3.63) is 92.4 Å². The van der Waals surface area contributed by atoms with Crippen LogP contribution in [-0.2, 0) is 16.2 Å². The number of carbonyl (C=O) groups is 2.